The highest BCUT2D eigenvalue weighted by Crippen LogP contribution is 2.40. The smallest absolute Gasteiger partial charge is 0.00669 e. The van der Waals surface area contributed by atoms with Crippen molar-refractivity contribution in [3.8, 4) is 0 Å². The van der Waals surface area contributed by atoms with E-state index in [1.807, 2.05) is 0 Å². The molecule has 0 saturated heterocycles. The van der Waals surface area contributed by atoms with E-state index in [1.165, 1.54) is 38.6 Å². The van der Waals surface area contributed by atoms with E-state index in [1.54, 1.807) is 0 Å². The minimum absolute atomic E-state index is 0.519. The second-order valence-electron chi connectivity index (χ2n) is 6.72. The fourth-order valence-electron chi connectivity index (χ4n) is 3.02. The van der Waals surface area contributed by atoms with Gasteiger partial charge in [-0.25, -0.2) is 0 Å². The number of rotatable bonds is 4. The molecule has 16 heavy (non-hydrogen) atoms. The highest BCUT2D eigenvalue weighted by molar-refractivity contribution is 4.84. The quantitative estimate of drug-likeness (QED) is 0.755. The van der Waals surface area contributed by atoms with Crippen molar-refractivity contribution < 1.29 is 0 Å². The van der Waals surface area contributed by atoms with E-state index in [2.05, 4.69) is 39.9 Å². The maximum atomic E-state index is 3.66. The summed E-state index contributed by atoms with van der Waals surface area (Å²) in [6, 6.07) is 0.723. The van der Waals surface area contributed by atoms with E-state index >= 15 is 0 Å². The molecule has 0 amide bonds. The molecule has 0 aromatic heterocycles. The molecular formula is C15H31N. The third kappa shape index (κ3) is 4.08. The zero-order chi connectivity index (χ0) is 12.2. The zero-order valence-electron chi connectivity index (χ0n) is 12.0. The van der Waals surface area contributed by atoms with Gasteiger partial charge in [0.15, 0.2) is 0 Å². The van der Waals surface area contributed by atoms with Crippen LogP contribution in [-0.4, -0.2) is 12.6 Å². The summed E-state index contributed by atoms with van der Waals surface area (Å²) in [4.78, 5) is 0. The van der Waals surface area contributed by atoms with Gasteiger partial charge in [-0.05, 0) is 62.8 Å². The summed E-state index contributed by atoms with van der Waals surface area (Å²) >= 11 is 0. The summed E-state index contributed by atoms with van der Waals surface area (Å²) in [7, 11) is 0. The van der Waals surface area contributed by atoms with Crippen LogP contribution in [0.4, 0.5) is 0 Å². The molecule has 0 heterocycles. The predicted molar refractivity (Wildman–Crippen MR) is 72.7 cm³/mol. The molecule has 0 spiro atoms. The summed E-state index contributed by atoms with van der Waals surface area (Å²) in [5.41, 5.74) is 0.519. The van der Waals surface area contributed by atoms with Crippen molar-refractivity contribution in [3.63, 3.8) is 0 Å². The van der Waals surface area contributed by atoms with Crippen LogP contribution in [0.15, 0.2) is 0 Å². The zero-order valence-corrected chi connectivity index (χ0v) is 12.0. The maximum Gasteiger partial charge on any atom is 0.00669 e. The van der Waals surface area contributed by atoms with Gasteiger partial charge in [-0.15, -0.1) is 0 Å². The Labute approximate surface area is 102 Å². The first-order valence-corrected chi connectivity index (χ1v) is 7.18. The third-order valence-corrected chi connectivity index (χ3v) is 4.42. The lowest BCUT2D eigenvalue weighted by Crippen LogP contribution is -2.37. The second kappa shape index (κ2) is 6.05. The van der Waals surface area contributed by atoms with Gasteiger partial charge in [0.05, 0.1) is 0 Å². The average molecular weight is 225 g/mol. The van der Waals surface area contributed by atoms with E-state index in [0.29, 0.717) is 5.41 Å². The van der Waals surface area contributed by atoms with Crippen LogP contribution in [0.1, 0.15) is 66.7 Å². The first-order valence-electron chi connectivity index (χ1n) is 7.18. The van der Waals surface area contributed by atoms with E-state index in [9.17, 15) is 0 Å². The molecule has 1 fully saturated rings. The van der Waals surface area contributed by atoms with E-state index in [4.69, 9.17) is 0 Å². The topological polar surface area (TPSA) is 12.0 Å². The van der Waals surface area contributed by atoms with E-state index < -0.39 is 0 Å². The van der Waals surface area contributed by atoms with Crippen LogP contribution in [0.5, 0.6) is 0 Å². The molecule has 0 radical (unpaired) electrons. The van der Waals surface area contributed by atoms with Crippen LogP contribution in [0.3, 0.4) is 0 Å². The first kappa shape index (κ1) is 14.0. The van der Waals surface area contributed by atoms with Gasteiger partial charge >= 0.3 is 0 Å². The maximum absolute atomic E-state index is 3.66. The molecule has 1 N–H and O–H groups in total. The average Bonchev–Trinajstić information content (AvgIpc) is 2.25. The molecule has 1 nitrogen and oxygen atoms in total. The van der Waals surface area contributed by atoms with Crippen molar-refractivity contribution in [3.05, 3.63) is 0 Å². The van der Waals surface area contributed by atoms with Crippen molar-refractivity contribution in [1.29, 1.82) is 0 Å². The SMILES string of the molecule is CCCNC(C)C1CCC(C(C)(C)C)CC1. The molecule has 1 rings (SSSR count). The van der Waals surface area contributed by atoms with Gasteiger partial charge in [-0.2, -0.15) is 0 Å². The van der Waals surface area contributed by atoms with Gasteiger partial charge in [0.25, 0.3) is 0 Å². The fraction of sp³-hybridized carbons (Fsp3) is 1.00. The molecule has 1 atom stereocenters. The highest BCUT2D eigenvalue weighted by atomic mass is 14.9. The molecule has 0 bridgehead atoms. The summed E-state index contributed by atoms with van der Waals surface area (Å²) in [6.07, 6.45) is 6.99. The number of nitrogens with one attached hydrogen (secondary N) is 1. The normalized spacial score (nSPS) is 29.1. The Morgan fingerprint density at radius 2 is 1.69 bits per heavy atom. The fourth-order valence-corrected chi connectivity index (χ4v) is 3.02. The Morgan fingerprint density at radius 3 is 2.12 bits per heavy atom. The molecule has 0 aromatic carbocycles. The van der Waals surface area contributed by atoms with Crippen molar-refractivity contribution in [2.75, 3.05) is 6.54 Å². The molecule has 1 heteroatoms. The largest absolute Gasteiger partial charge is 0.314 e. The van der Waals surface area contributed by atoms with Gasteiger partial charge in [-0.3, -0.25) is 0 Å². The molecule has 0 aliphatic heterocycles. The summed E-state index contributed by atoms with van der Waals surface area (Å²) in [6.45, 7) is 13.0. The molecule has 1 saturated carbocycles. The Kier molecular flexibility index (Phi) is 5.30. The third-order valence-electron chi connectivity index (χ3n) is 4.42. The molecule has 1 aliphatic carbocycles. The summed E-state index contributed by atoms with van der Waals surface area (Å²) in [5.74, 6) is 1.87. The van der Waals surface area contributed by atoms with E-state index in [0.717, 1.165) is 17.9 Å². The minimum Gasteiger partial charge on any atom is -0.314 e. The van der Waals surface area contributed by atoms with E-state index in [-0.39, 0.29) is 0 Å². The van der Waals surface area contributed by atoms with Gasteiger partial charge in [0.2, 0.25) is 0 Å². The van der Waals surface area contributed by atoms with Crippen LogP contribution >= 0.6 is 0 Å². The highest BCUT2D eigenvalue weighted by Gasteiger charge is 2.31. The Bertz CT molecular complexity index is 184. The molecule has 96 valence electrons. The molecule has 1 aliphatic rings. The first-order chi connectivity index (χ1) is 7.45. The number of hydrogen-bond donors (Lipinski definition) is 1. The molecule has 0 aromatic rings. The van der Waals surface area contributed by atoms with Crippen LogP contribution in [0, 0.1) is 17.3 Å². The van der Waals surface area contributed by atoms with Crippen molar-refractivity contribution >= 4 is 0 Å². The van der Waals surface area contributed by atoms with Gasteiger partial charge < -0.3 is 5.32 Å². The number of hydrogen-bond acceptors (Lipinski definition) is 1. The molecule has 1 unspecified atom stereocenters. The second-order valence-corrected chi connectivity index (χ2v) is 6.72. The summed E-state index contributed by atoms with van der Waals surface area (Å²) in [5, 5.41) is 3.66. The van der Waals surface area contributed by atoms with Crippen LogP contribution in [-0.2, 0) is 0 Å². The van der Waals surface area contributed by atoms with Crippen LogP contribution < -0.4 is 5.32 Å². The Balaban J connectivity index is 2.31. The monoisotopic (exact) mass is 225 g/mol. The Morgan fingerprint density at radius 1 is 1.12 bits per heavy atom. The predicted octanol–water partition coefficient (Wildman–Crippen LogP) is 4.23. The van der Waals surface area contributed by atoms with Crippen LogP contribution in [0.25, 0.3) is 0 Å². The van der Waals surface area contributed by atoms with Crippen LogP contribution in [0.2, 0.25) is 0 Å². The van der Waals surface area contributed by atoms with Gasteiger partial charge in [0, 0.05) is 6.04 Å². The van der Waals surface area contributed by atoms with Crippen molar-refractivity contribution in [1.82, 2.24) is 5.32 Å². The van der Waals surface area contributed by atoms with Crippen molar-refractivity contribution in [2.45, 2.75) is 72.8 Å². The van der Waals surface area contributed by atoms with Gasteiger partial charge in [-0.1, -0.05) is 27.7 Å². The Hall–Kier alpha value is -0.0400. The minimum atomic E-state index is 0.519. The lowest BCUT2D eigenvalue weighted by molar-refractivity contribution is 0.135. The van der Waals surface area contributed by atoms with Crippen molar-refractivity contribution in [2.24, 2.45) is 17.3 Å². The lowest BCUT2D eigenvalue weighted by atomic mass is 9.69. The lowest BCUT2D eigenvalue weighted by Gasteiger charge is -2.39. The molecular weight excluding hydrogens is 194 g/mol. The van der Waals surface area contributed by atoms with Gasteiger partial charge in [0.1, 0.15) is 0 Å². The standard InChI is InChI=1S/C15H31N/c1-6-11-16-12(2)13-7-9-14(10-8-13)15(3,4)5/h12-14,16H,6-11H2,1-5H3. The summed E-state index contributed by atoms with van der Waals surface area (Å²) < 4.78 is 0.